The number of likely N-dealkylation sites (tertiary alicyclic amines) is 1. The summed E-state index contributed by atoms with van der Waals surface area (Å²) in [6.07, 6.45) is 2.91. The average molecular weight is 194 g/mol. The Morgan fingerprint density at radius 1 is 1.57 bits per heavy atom. The Bertz CT molecular complexity index is 308. The molecule has 14 heavy (non-hydrogen) atoms. The number of nitrogens with two attached hydrogens (primary N) is 1. The third-order valence-corrected chi connectivity index (χ3v) is 2.78. The molecule has 0 aromatic carbocycles. The van der Waals surface area contributed by atoms with E-state index in [0.717, 1.165) is 26.1 Å². The molecule has 0 bridgehead atoms. The molecule has 1 aromatic rings. The molecule has 4 nitrogen and oxygen atoms in total. The monoisotopic (exact) mass is 194 g/mol. The summed E-state index contributed by atoms with van der Waals surface area (Å²) in [5, 5.41) is 4.14. The second-order valence-electron chi connectivity index (χ2n) is 4.56. The lowest BCUT2D eigenvalue weighted by Crippen LogP contribution is -2.65. The number of hydrogen-bond donors (Lipinski definition) is 1. The van der Waals surface area contributed by atoms with Crippen molar-refractivity contribution in [1.82, 2.24) is 14.7 Å². The number of nitrogens with zero attached hydrogens (tertiary/aromatic N) is 3. The molecule has 0 radical (unpaired) electrons. The minimum absolute atomic E-state index is 0.0481. The van der Waals surface area contributed by atoms with Gasteiger partial charge in [-0.1, -0.05) is 0 Å². The van der Waals surface area contributed by atoms with E-state index in [2.05, 4.69) is 23.0 Å². The van der Waals surface area contributed by atoms with Crippen LogP contribution in [-0.4, -0.2) is 39.9 Å². The van der Waals surface area contributed by atoms with E-state index < -0.39 is 0 Å². The van der Waals surface area contributed by atoms with Gasteiger partial charge in [-0.25, -0.2) is 0 Å². The Morgan fingerprint density at radius 2 is 2.29 bits per heavy atom. The smallest absolute Gasteiger partial charge is 0.0492 e. The van der Waals surface area contributed by atoms with Gasteiger partial charge in [0.1, 0.15) is 0 Å². The maximum absolute atomic E-state index is 5.93. The highest BCUT2D eigenvalue weighted by atomic mass is 15.3. The van der Waals surface area contributed by atoms with Crippen molar-refractivity contribution in [3.8, 4) is 0 Å². The van der Waals surface area contributed by atoms with Crippen LogP contribution in [0.2, 0.25) is 0 Å². The lowest BCUT2D eigenvalue weighted by molar-refractivity contribution is 0.0850. The molecule has 78 valence electrons. The van der Waals surface area contributed by atoms with Gasteiger partial charge in [0, 0.05) is 50.5 Å². The van der Waals surface area contributed by atoms with Gasteiger partial charge in [-0.05, 0) is 13.0 Å². The molecule has 0 unspecified atom stereocenters. The molecule has 0 aliphatic carbocycles. The van der Waals surface area contributed by atoms with Gasteiger partial charge in [-0.15, -0.1) is 0 Å². The zero-order valence-corrected chi connectivity index (χ0v) is 8.90. The summed E-state index contributed by atoms with van der Waals surface area (Å²) in [6.45, 7) is 5.23. The largest absolute Gasteiger partial charge is 0.323 e. The maximum atomic E-state index is 5.93. The van der Waals surface area contributed by atoms with Gasteiger partial charge in [0.15, 0.2) is 0 Å². The zero-order chi connectivity index (χ0) is 10.2. The highest BCUT2D eigenvalue weighted by molar-refractivity contribution is 5.02. The van der Waals surface area contributed by atoms with Crippen LogP contribution >= 0.6 is 0 Å². The third-order valence-electron chi connectivity index (χ3n) is 2.78. The van der Waals surface area contributed by atoms with E-state index in [1.165, 1.54) is 5.69 Å². The standard InChI is InChI=1S/C10H18N4/c1-10(11)7-14(8-10)6-4-9-3-5-12-13(9)2/h3,5H,4,6-8,11H2,1-2H3. The Balaban J connectivity index is 1.77. The zero-order valence-electron chi connectivity index (χ0n) is 8.90. The summed E-state index contributed by atoms with van der Waals surface area (Å²) in [4.78, 5) is 2.38. The highest BCUT2D eigenvalue weighted by Crippen LogP contribution is 2.17. The van der Waals surface area contributed by atoms with E-state index in [1.54, 1.807) is 0 Å². The van der Waals surface area contributed by atoms with Crippen molar-refractivity contribution in [1.29, 1.82) is 0 Å². The van der Waals surface area contributed by atoms with Crippen LogP contribution < -0.4 is 5.73 Å². The fourth-order valence-corrected chi connectivity index (χ4v) is 2.05. The fraction of sp³-hybridized carbons (Fsp3) is 0.700. The number of aryl methyl sites for hydroxylation is 1. The fourth-order valence-electron chi connectivity index (χ4n) is 2.05. The van der Waals surface area contributed by atoms with Crippen LogP contribution in [0.15, 0.2) is 12.3 Å². The molecule has 1 aromatic heterocycles. The van der Waals surface area contributed by atoms with Gasteiger partial charge in [0.05, 0.1) is 0 Å². The van der Waals surface area contributed by atoms with Gasteiger partial charge in [-0.3, -0.25) is 9.58 Å². The van der Waals surface area contributed by atoms with Crippen molar-refractivity contribution >= 4 is 0 Å². The van der Waals surface area contributed by atoms with Crippen molar-refractivity contribution in [3.05, 3.63) is 18.0 Å². The Kier molecular flexibility index (Phi) is 2.33. The third kappa shape index (κ3) is 1.96. The van der Waals surface area contributed by atoms with Crippen molar-refractivity contribution < 1.29 is 0 Å². The first-order valence-electron chi connectivity index (χ1n) is 5.05. The molecule has 0 spiro atoms. The predicted molar refractivity (Wildman–Crippen MR) is 55.9 cm³/mol. The summed E-state index contributed by atoms with van der Waals surface area (Å²) >= 11 is 0. The normalized spacial score (nSPS) is 20.8. The van der Waals surface area contributed by atoms with Gasteiger partial charge in [0.2, 0.25) is 0 Å². The lowest BCUT2D eigenvalue weighted by atomic mass is 9.93. The van der Waals surface area contributed by atoms with E-state index in [-0.39, 0.29) is 5.54 Å². The van der Waals surface area contributed by atoms with Gasteiger partial charge in [0.25, 0.3) is 0 Å². The van der Waals surface area contributed by atoms with Crippen LogP contribution in [-0.2, 0) is 13.5 Å². The molecule has 0 saturated carbocycles. The number of hydrogen-bond acceptors (Lipinski definition) is 3. The van der Waals surface area contributed by atoms with E-state index in [1.807, 2.05) is 17.9 Å². The first kappa shape index (κ1) is 9.68. The highest BCUT2D eigenvalue weighted by Gasteiger charge is 2.33. The lowest BCUT2D eigenvalue weighted by Gasteiger charge is -2.45. The molecular weight excluding hydrogens is 176 g/mol. The minimum atomic E-state index is 0.0481. The number of rotatable bonds is 3. The molecule has 1 aliphatic heterocycles. The summed E-state index contributed by atoms with van der Waals surface area (Å²) < 4.78 is 1.93. The first-order chi connectivity index (χ1) is 6.57. The Labute approximate surface area is 84.7 Å². The minimum Gasteiger partial charge on any atom is -0.323 e. The van der Waals surface area contributed by atoms with E-state index >= 15 is 0 Å². The van der Waals surface area contributed by atoms with E-state index in [0.29, 0.717) is 0 Å². The molecule has 0 atom stereocenters. The van der Waals surface area contributed by atoms with Crippen molar-refractivity contribution in [3.63, 3.8) is 0 Å². The van der Waals surface area contributed by atoms with Crippen LogP contribution in [0.4, 0.5) is 0 Å². The second-order valence-corrected chi connectivity index (χ2v) is 4.56. The van der Waals surface area contributed by atoms with Crippen molar-refractivity contribution in [2.24, 2.45) is 12.8 Å². The molecule has 2 N–H and O–H groups in total. The second kappa shape index (κ2) is 3.37. The van der Waals surface area contributed by atoms with Crippen LogP contribution in [0.5, 0.6) is 0 Å². The quantitative estimate of drug-likeness (QED) is 0.736. The van der Waals surface area contributed by atoms with Gasteiger partial charge in [-0.2, -0.15) is 5.10 Å². The maximum Gasteiger partial charge on any atom is 0.0492 e. The van der Waals surface area contributed by atoms with Crippen LogP contribution in [0, 0.1) is 0 Å². The summed E-state index contributed by atoms with van der Waals surface area (Å²) in [7, 11) is 1.98. The molecule has 2 rings (SSSR count). The van der Waals surface area contributed by atoms with Gasteiger partial charge < -0.3 is 5.73 Å². The summed E-state index contributed by atoms with van der Waals surface area (Å²) in [5.74, 6) is 0. The van der Waals surface area contributed by atoms with Crippen molar-refractivity contribution in [2.45, 2.75) is 18.9 Å². The molecular formula is C10H18N4. The average Bonchev–Trinajstić information content (AvgIpc) is 2.44. The molecule has 1 aliphatic rings. The predicted octanol–water partition coefficient (Wildman–Crippen LogP) is -0.00440. The van der Waals surface area contributed by atoms with Crippen LogP contribution in [0.3, 0.4) is 0 Å². The van der Waals surface area contributed by atoms with E-state index in [4.69, 9.17) is 5.73 Å². The topological polar surface area (TPSA) is 47.1 Å². The van der Waals surface area contributed by atoms with Crippen LogP contribution in [0.25, 0.3) is 0 Å². The summed E-state index contributed by atoms with van der Waals surface area (Å²) in [5.41, 5.74) is 7.27. The summed E-state index contributed by atoms with van der Waals surface area (Å²) in [6, 6.07) is 2.07. The molecule has 2 heterocycles. The number of aromatic nitrogens is 2. The first-order valence-corrected chi connectivity index (χ1v) is 5.05. The molecule has 0 amide bonds. The molecule has 1 saturated heterocycles. The molecule has 4 heteroatoms. The van der Waals surface area contributed by atoms with Crippen LogP contribution in [0.1, 0.15) is 12.6 Å². The van der Waals surface area contributed by atoms with E-state index in [9.17, 15) is 0 Å². The Morgan fingerprint density at radius 3 is 2.79 bits per heavy atom. The molecule has 1 fully saturated rings. The Hall–Kier alpha value is -0.870. The SMILES string of the molecule is Cn1nccc1CCN1CC(C)(N)C1. The van der Waals surface area contributed by atoms with Crippen molar-refractivity contribution in [2.75, 3.05) is 19.6 Å². The van der Waals surface area contributed by atoms with Gasteiger partial charge >= 0.3 is 0 Å².